The van der Waals surface area contributed by atoms with Crippen LogP contribution in [0.2, 0.25) is 0 Å². The highest BCUT2D eigenvalue weighted by molar-refractivity contribution is 5.67. The van der Waals surface area contributed by atoms with E-state index in [2.05, 4.69) is 6.58 Å². The summed E-state index contributed by atoms with van der Waals surface area (Å²) in [6.45, 7) is 4.01. The first-order valence-electron chi connectivity index (χ1n) is 4.76. The molecule has 0 spiro atoms. The topological polar surface area (TPSA) is 0 Å². The molecule has 0 nitrogen and oxygen atoms in total. The molecule has 0 amide bonds. The number of hydrogen-bond donors (Lipinski definition) is 0. The third-order valence-corrected chi connectivity index (χ3v) is 3.38. The fourth-order valence-electron chi connectivity index (χ4n) is 2.45. The molecule has 11 heavy (non-hydrogen) atoms. The van der Waals surface area contributed by atoms with E-state index in [1.165, 1.54) is 37.7 Å². The van der Waals surface area contributed by atoms with Crippen LogP contribution in [0.4, 0.5) is 0 Å². The molecule has 0 bridgehead atoms. The third kappa shape index (κ3) is 0.885. The minimum atomic E-state index is 1.03. The van der Waals surface area contributed by atoms with Gasteiger partial charge in [0.15, 0.2) is 0 Å². The van der Waals surface area contributed by atoms with Crippen LogP contribution >= 0.6 is 0 Å². The largest absolute Gasteiger partial charge is 0.0912 e. The van der Waals surface area contributed by atoms with Gasteiger partial charge < -0.3 is 0 Å². The van der Waals surface area contributed by atoms with Crippen molar-refractivity contribution in [3.8, 4) is 0 Å². The molecular formula is C11H14. The van der Waals surface area contributed by atoms with Gasteiger partial charge >= 0.3 is 0 Å². The van der Waals surface area contributed by atoms with Gasteiger partial charge in [0, 0.05) is 0 Å². The van der Waals surface area contributed by atoms with Crippen LogP contribution in [0, 0.1) is 11.8 Å². The smallest absolute Gasteiger partial charge is 0.0238 e. The first kappa shape index (κ1) is 6.05. The van der Waals surface area contributed by atoms with Gasteiger partial charge in [0.25, 0.3) is 0 Å². The van der Waals surface area contributed by atoms with Gasteiger partial charge in [-0.15, -0.1) is 0 Å². The predicted octanol–water partition coefficient (Wildman–Crippen LogP) is 3.06. The Kier molecular flexibility index (Phi) is 0.988. The van der Waals surface area contributed by atoms with Crippen molar-refractivity contribution in [2.24, 2.45) is 11.8 Å². The van der Waals surface area contributed by atoms with Gasteiger partial charge in [0.1, 0.15) is 0 Å². The van der Waals surface area contributed by atoms with Crippen LogP contribution in [0.25, 0.3) is 0 Å². The molecule has 0 aromatic rings. The van der Waals surface area contributed by atoms with Gasteiger partial charge in [0.2, 0.25) is 0 Å². The predicted molar refractivity (Wildman–Crippen MR) is 46.2 cm³/mol. The lowest BCUT2D eigenvalue weighted by Crippen LogP contribution is -1.99. The SMILES string of the molecule is C=C1C2=C1CC(CC1CC1)C2. The highest BCUT2D eigenvalue weighted by atomic mass is 14.4. The van der Waals surface area contributed by atoms with Gasteiger partial charge in [-0.1, -0.05) is 19.4 Å². The average Bonchev–Trinajstić information content (AvgIpc) is 2.80. The quantitative estimate of drug-likeness (QED) is 0.561. The van der Waals surface area contributed by atoms with E-state index in [1.54, 1.807) is 11.1 Å². The average molecular weight is 146 g/mol. The Labute approximate surface area is 68.0 Å². The summed E-state index contributed by atoms with van der Waals surface area (Å²) in [7, 11) is 0. The summed E-state index contributed by atoms with van der Waals surface area (Å²) in [6.07, 6.45) is 7.31. The lowest BCUT2D eigenvalue weighted by molar-refractivity contribution is 0.471. The maximum Gasteiger partial charge on any atom is -0.0238 e. The van der Waals surface area contributed by atoms with E-state index in [4.69, 9.17) is 0 Å². The molecule has 3 rings (SSSR count). The van der Waals surface area contributed by atoms with Crippen LogP contribution < -0.4 is 0 Å². The van der Waals surface area contributed by atoms with Gasteiger partial charge in [0.05, 0.1) is 0 Å². The Morgan fingerprint density at radius 3 is 2.27 bits per heavy atom. The summed E-state index contributed by atoms with van der Waals surface area (Å²) >= 11 is 0. The van der Waals surface area contributed by atoms with Crippen molar-refractivity contribution in [2.45, 2.75) is 32.1 Å². The lowest BCUT2D eigenvalue weighted by atomic mass is 9.94. The van der Waals surface area contributed by atoms with Crippen molar-refractivity contribution >= 4 is 0 Å². The van der Waals surface area contributed by atoms with E-state index in [1.807, 2.05) is 0 Å². The highest BCUT2D eigenvalue weighted by Crippen LogP contribution is 2.54. The zero-order chi connectivity index (χ0) is 7.42. The number of allylic oxidation sites excluding steroid dienone is 3. The lowest BCUT2D eigenvalue weighted by Gasteiger charge is -2.11. The molecule has 0 unspecified atom stereocenters. The van der Waals surface area contributed by atoms with Gasteiger partial charge in [-0.2, -0.15) is 0 Å². The third-order valence-electron chi connectivity index (χ3n) is 3.38. The van der Waals surface area contributed by atoms with Crippen molar-refractivity contribution in [1.82, 2.24) is 0 Å². The summed E-state index contributed by atoms with van der Waals surface area (Å²) < 4.78 is 0. The van der Waals surface area contributed by atoms with E-state index < -0.39 is 0 Å². The molecule has 1 saturated carbocycles. The van der Waals surface area contributed by atoms with Gasteiger partial charge in [-0.05, 0) is 47.8 Å². The molecule has 58 valence electrons. The van der Waals surface area contributed by atoms with Crippen LogP contribution in [-0.4, -0.2) is 0 Å². The Morgan fingerprint density at radius 1 is 1.09 bits per heavy atom. The van der Waals surface area contributed by atoms with Crippen LogP contribution in [0.3, 0.4) is 0 Å². The Balaban J connectivity index is 1.58. The Hall–Kier alpha value is -0.520. The summed E-state index contributed by atoms with van der Waals surface area (Å²) in [5.74, 6) is 2.14. The first-order chi connectivity index (χ1) is 5.34. The summed E-state index contributed by atoms with van der Waals surface area (Å²) in [4.78, 5) is 0. The number of rotatable bonds is 2. The second-order valence-corrected chi connectivity index (χ2v) is 4.39. The van der Waals surface area contributed by atoms with Crippen LogP contribution in [0.1, 0.15) is 32.1 Å². The zero-order valence-corrected chi connectivity index (χ0v) is 6.90. The summed E-state index contributed by atoms with van der Waals surface area (Å²) in [5, 5.41) is 0. The van der Waals surface area contributed by atoms with Crippen molar-refractivity contribution in [3.05, 3.63) is 23.3 Å². The molecule has 3 aliphatic rings. The first-order valence-corrected chi connectivity index (χ1v) is 4.76. The second kappa shape index (κ2) is 1.80. The fraction of sp³-hybridized carbons (Fsp3) is 0.636. The van der Waals surface area contributed by atoms with Crippen molar-refractivity contribution in [1.29, 1.82) is 0 Å². The van der Waals surface area contributed by atoms with Gasteiger partial charge in [-0.25, -0.2) is 0 Å². The molecule has 0 aromatic carbocycles. The molecule has 0 radical (unpaired) electrons. The van der Waals surface area contributed by atoms with E-state index in [9.17, 15) is 0 Å². The molecule has 0 atom stereocenters. The molecule has 0 aliphatic heterocycles. The standard InChI is InChI=1S/C11H14/c1-7-10-5-9(6-11(7)10)4-8-2-3-8/h8-9H,1-6H2. The second-order valence-electron chi connectivity index (χ2n) is 4.39. The maximum absolute atomic E-state index is 4.01. The molecule has 0 heterocycles. The molecule has 1 fully saturated rings. The van der Waals surface area contributed by atoms with E-state index in [0.29, 0.717) is 0 Å². The number of hydrogen-bond acceptors (Lipinski definition) is 0. The minimum Gasteiger partial charge on any atom is -0.0912 e. The van der Waals surface area contributed by atoms with Crippen molar-refractivity contribution in [3.63, 3.8) is 0 Å². The van der Waals surface area contributed by atoms with Crippen LogP contribution in [0.5, 0.6) is 0 Å². The van der Waals surface area contributed by atoms with Crippen LogP contribution in [0.15, 0.2) is 23.3 Å². The maximum atomic E-state index is 4.01. The fourth-order valence-corrected chi connectivity index (χ4v) is 2.45. The van der Waals surface area contributed by atoms with Crippen molar-refractivity contribution in [2.75, 3.05) is 0 Å². The van der Waals surface area contributed by atoms with E-state index in [0.717, 1.165) is 11.8 Å². The monoisotopic (exact) mass is 146 g/mol. The molecule has 3 aliphatic carbocycles. The van der Waals surface area contributed by atoms with Gasteiger partial charge in [-0.3, -0.25) is 0 Å². The van der Waals surface area contributed by atoms with E-state index >= 15 is 0 Å². The molecule has 0 N–H and O–H groups in total. The summed E-state index contributed by atoms with van der Waals surface area (Å²) in [5.41, 5.74) is 4.71. The Bertz CT molecular complexity index is 235. The zero-order valence-electron chi connectivity index (χ0n) is 6.90. The summed E-state index contributed by atoms with van der Waals surface area (Å²) in [6, 6.07) is 0. The van der Waals surface area contributed by atoms with Crippen LogP contribution in [-0.2, 0) is 0 Å². The minimum absolute atomic E-state index is 1.03. The molecule has 0 aromatic heterocycles. The Morgan fingerprint density at radius 2 is 1.73 bits per heavy atom. The molecular weight excluding hydrogens is 132 g/mol. The highest BCUT2D eigenvalue weighted by Gasteiger charge is 2.39. The normalized spacial score (nSPS) is 29.6. The molecule has 0 saturated heterocycles. The molecule has 0 heteroatoms. The van der Waals surface area contributed by atoms with E-state index in [-0.39, 0.29) is 0 Å². The van der Waals surface area contributed by atoms with Crippen molar-refractivity contribution < 1.29 is 0 Å².